The summed E-state index contributed by atoms with van der Waals surface area (Å²) in [7, 11) is 0. The summed E-state index contributed by atoms with van der Waals surface area (Å²) in [5.41, 5.74) is 38.4. The standard InChI is InChI=1S/C105H78N2/c1-7-70-43-45-72(46-44-70)65-104(96-60-67(4)40-42-69(96)6)93-34-18-15-30-84(93)87-56-52-77(62-97(87)104)107(101-38-22-26-74-24-10-12-28-81(74)101)79-54-58-89-86-32-17-20-36-95(86)105(99(89)64-79)94-35-19-16-31-85(94)88-57-53-78(63-98(88)105)106(100-37-21-25-73-23-9-11-27-80(73)100)76-51-55-83-82-29-13-14-33-90(82)103(92(83)61-76)102(75-49-47-71(8-2)48-50-75)91-59-66(3)39-41-68(91)5/h7-64,102-103H,1-2,65H2,3-6H3. The van der Waals surface area contributed by atoms with Crippen molar-refractivity contribution in [3.63, 3.8) is 0 Å². The van der Waals surface area contributed by atoms with Gasteiger partial charge in [0.05, 0.1) is 22.2 Å². The van der Waals surface area contributed by atoms with Gasteiger partial charge in [0.1, 0.15) is 0 Å². The van der Waals surface area contributed by atoms with E-state index in [-0.39, 0.29) is 11.8 Å². The molecule has 16 aromatic rings. The first-order chi connectivity index (χ1) is 52.6. The van der Waals surface area contributed by atoms with E-state index in [0.29, 0.717) is 0 Å². The number of nitrogens with zero attached hydrogens (tertiary/aromatic N) is 2. The van der Waals surface area contributed by atoms with Gasteiger partial charge in [-0.05, 0) is 239 Å². The predicted octanol–water partition coefficient (Wildman–Crippen LogP) is 27.3. The number of hydrogen-bond acceptors (Lipinski definition) is 2. The quantitative estimate of drug-likeness (QED) is 0.107. The van der Waals surface area contributed by atoms with Gasteiger partial charge in [0.2, 0.25) is 0 Å². The van der Waals surface area contributed by atoms with Crippen LogP contribution in [0.15, 0.2) is 353 Å². The van der Waals surface area contributed by atoms with Crippen molar-refractivity contribution in [3.05, 3.63) is 453 Å². The first kappa shape index (κ1) is 63.8. The molecule has 0 heterocycles. The van der Waals surface area contributed by atoms with Crippen molar-refractivity contribution in [3.8, 4) is 44.5 Å². The molecule has 1 spiro atoms. The van der Waals surface area contributed by atoms with Crippen LogP contribution in [0.5, 0.6) is 0 Å². The van der Waals surface area contributed by atoms with Crippen LogP contribution in [0.3, 0.4) is 0 Å². The van der Waals surface area contributed by atoms with E-state index in [4.69, 9.17) is 0 Å². The minimum Gasteiger partial charge on any atom is -0.310 e. The molecule has 20 rings (SSSR count). The van der Waals surface area contributed by atoms with Crippen molar-refractivity contribution in [2.45, 2.75) is 56.8 Å². The minimum absolute atomic E-state index is 0.00559. The van der Waals surface area contributed by atoms with Crippen LogP contribution in [0.4, 0.5) is 34.1 Å². The van der Waals surface area contributed by atoms with Gasteiger partial charge in [-0.1, -0.05) is 315 Å². The van der Waals surface area contributed by atoms with Crippen LogP contribution >= 0.6 is 0 Å². The molecular formula is C105H78N2. The van der Waals surface area contributed by atoms with Crippen LogP contribution < -0.4 is 9.80 Å². The highest BCUT2D eigenvalue weighted by Crippen LogP contribution is 2.65. The summed E-state index contributed by atoms with van der Waals surface area (Å²) >= 11 is 0. The van der Waals surface area contributed by atoms with Crippen molar-refractivity contribution in [1.29, 1.82) is 0 Å². The second-order valence-corrected chi connectivity index (χ2v) is 30.1. The maximum Gasteiger partial charge on any atom is 0.0727 e. The Morgan fingerprint density at radius 1 is 0.327 bits per heavy atom. The fourth-order valence-corrected chi connectivity index (χ4v) is 19.6. The molecule has 0 fully saturated rings. The summed E-state index contributed by atoms with van der Waals surface area (Å²) in [4.78, 5) is 5.16. The van der Waals surface area contributed by atoms with Crippen molar-refractivity contribution >= 4 is 67.8 Å². The van der Waals surface area contributed by atoms with Crippen molar-refractivity contribution < 1.29 is 0 Å². The fourth-order valence-electron chi connectivity index (χ4n) is 19.6. The lowest BCUT2D eigenvalue weighted by atomic mass is 9.67. The zero-order chi connectivity index (χ0) is 71.8. The Morgan fingerprint density at radius 2 is 0.757 bits per heavy atom. The van der Waals surface area contributed by atoms with Crippen LogP contribution in [0, 0.1) is 27.7 Å². The topological polar surface area (TPSA) is 6.48 Å². The van der Waals surface area contributed by atoms with Crippen LogP contribution in [0.1, 0.15) is 112 Å². The van der Waals surface area contributed by atoms with Crippen molar-refractivity contribution in [2.24, 2.45) is 0 Å². The number of benzene rings is 16. The second kappa shape index (κ2) is 24.9. The van der Waals surface area contributed by atoms with Crippen molar-refractivity contribution in [2.75, 3.05) is 9.80 Å². The molecule has 0 bridgehead atoms. The normalized spacial score (nSPS) is 16.1. The Labute approximate surface area is 627 Å². The molecule has 0 radical (unpaired) electrons. The third kappa shape index (κ3) is 9.71. The van der Waals surface area contributed by atoms with Crippen LogP contribution in [-0.2, 0) is 17.3 Å². The molecule has 4 aliphatic rings. The number of aryl methyl sites for hydroxylation is 4. The summed E-state index contributed by atoms with van der Waals surface area (Å²) < 4.78 is 0. The number of fused-ring (bicyclic) bond motifs is 18. The average molecular weight is 1370 g/mol. The average Bonchev–Trinajstić information content (AvgIpc) is 1.50. The van der Waals surface area contributed by atoms with Crippen molar-refractivity contribution in [1.82, 2.24) is 0 Å². The zero-order valence-corrected chi connectivity index (χ0v) is 60.7. The van der Waals surface area contributed by atoms with Gasteiger partial charge in [0.25, 0.3) is 0 Å². The van der Waals surface area contributed by atoms with E-state index in [1.54, 1.807) is 0 Å². The summed E-state index contributed by atoms with van der Waals surface area (Å²) in [6.45, 7) is 17.4. The van der Waals surface area contributed by atoms with Gasteiger partial charge in [0.15, 0.2) is 0 Å². The smallest absolute Gasteiger partial charge is 0.0727 e. The molecule has 0 aliphatic heterocycles. The van der Waals surface area contributed by atoms with E-state index in [1.165, 1.54) is 155 Å². The Balaban J connectivity index is 0.812. The van der Waals surface area contributed by atoms with Gasteiger partial charge in [-0.3, -0.25) is 0 Å². The molecular weight excluding hydrogens is 1290 g/mol. The Morgan fingerprint density at radius 3 is 1.34 bits per heavy atom. The Hall–Kier alpha value is -12.9. The highest BCUT2D eigenvalue weighted by molar-refractivity contribution is 6.04. The van der Waals surface area contributed by atoms with Crippen LogP contribution in [0.25, 0.3) is 78.2 Å². The SMILES string of the molecule is C=Cc1ccc(CC2(c3cc(C)ccc3C)c3ccccc3-c3ccc(N(c4ccc5c(c4)C4(c6ccccc6-c6ccc(N(c7ccc8c(c7)C(C(c7ccc(C=C)cc7)c7cc(C)ccc7C)c7ccccc7-8)c7cccc8ccccc78)cc64)c4ccccc4-5)c4cccc5ccccc45)cc32)cc1. The van der Waals surface area contributed by atoms with E-state index < -0.39 is 10.8 Å². The molecule has 0 saturated carbocycles. The lowest BCUT2D eigenvalue weighted by Gasteiger charge is -2.36. The molecule has 4 atom stereocenters. The van der Waals surface area contributed by atoms with Gasteiger partial charge in [-0.15, -0.1) is 0 Å². The van der Waals surface area contributed by atoms with Gasteiger partial charge in [-0.25, -0.2) is 0 Å². The molecule has 2 heteroatoms. The molecule has 107 heavy (non-hydrogen) atoms. The molecule has 2 nitrogen and oxygen atoms in total. The summed E-state index contributed by atoms with van der Waals surface area (Å²) in [5.74, 6) is 0.0215. The van der Waals surface area contributed by atoms with E-state index in [1.807, 2.05) is 12.2 Å². The lowest BCUT2D eigenvalue weighted by molar-refractivity contribution is 0.624. The Bertz CT molecular complexity index is 6340. The van der Waals surface area contributed by atoms with E-state index in [0.717, 1.165) is 51.7 Å². The van der Waals surface area contributed by atoms with Gasteiger partial charge >= 0.3 is 0 Å². The summed E-state index contributed by atoms with van der Waals surface area (Å²) in [6, 6.07) is 130. The Kier molecular flexibility index (Phi) is 14.8. The first-order valence-electron chi connectivity index (χ1n) is 37.7. The first-order valence-corrected chi connectivity index (χ1v) is 37.7. The predicted molar refractivity (Wildman–Crippen MR) is 450 cm³/mol. The summed E-state index contributed by atoms with van der Waals surface area (Å²) in [5, 5.41) is 4.74. The molecule has 508 valence electrons. The highest BCUT2D eigenvalue weighted by atomic mass is 15.2. The van der Waals surface area contributed by atoms with E-state index in [9.17, 15) is 0 Å². The number of rotatable bonds is 14. The van der Waals surface area contributed by atoms with E-state index >= 15 is 0 Å². The lowest BCUT2D eigenvalue weighted by Crippen LogP contribution is -2.31. The molecule has 4 aliphatic carbocycles. The van der Waals surface area contributed by atoms with Gasteiger partial charge < -0.3 is 9.80 Å². The molecule has 0 amide bonds. The van der Waals surface area contributed by atoms with Gasteiger partial charge in [-0.2, -0.15) is 0 Å². The number of hydrogen-bond donors (Lipinski definition) is 0. The van der Waals surface area contributed by atoms with Gasteiger partial charge in [0, 0.05) is 45.4 Å². The molecule has 0 saturated heterocycles. The zero-order valence-electron chi connectivity index (χ0n) is 60.7. The fraction of sp³-hybridized carbons (Fsp3) is 0.0857. The molecule has 0 aromatic heterocycles. The van der Waals surface area contributed by atoms with E-state index in [2.05, 4.69) is 390 Å². The maximum absolute atomic E-state index is 4.16. The third-order valence-electron chi connectivity index (χ3n) is 24.4. The second-order valence-electron chi connectivity index (χ2n) is 30.1. The number of anilines is 6. The largest absolute Gasteiger partial charge is 0.310 e. The molecule has 4 unspecified atom stereocenters. The minimum atomic E-state index is -0.734. The summed E-state index contributed by atoms with van der Waals surface area (Å²) in [6.07, 6.45) is 4.67. The monoisotopic (exact) mass is 1370 g/mol. The maximum atomic E-state index is 4.16. The molecule has 16 aromatic carbocycles. The molecule has 0 N–H and O–H groups in total. The highest BCUT2D eigenvalue weighted by Gasteiger charge is 2.53. The van der Waals surface area contributed by atoms with Crippen LogP contribution in [0.2, 0.25) is 0 Å². The van der Waals surface area contributed by atoms with Crippen LogP contribution in [-0.4, -0.2) is 0 Å². The third-order valence-corrected chi connectivity index (χ3v) is 24.4.